The average molecular weight is 493 g/mol. The van der Waals surface area contributed by atoms with Gasteiger partial charge < -0.3 is 9.80 Å². The Kier molecular flexibility index (Phi) is 6.14. The fourth-order valence-corrected chi connectivity index (χ4v) is 6.36. The molecule has 0 spiro atoms. The van der Waals surface area contributed by atoms with Crippen LogP contribution in [0, 0.1) is 11.0 Å². The first-order chi connectivity index (χ1) is 15.0. The maximum absolute atomic E-state index is 13.7. The molecule has 2 aliphatic rings. The zero-order valence-electron chi connectivity index (χ0n) is 16.8. The van der Waals surface area contributed by atoms with Crippen LogP contribution in [0.3, 0.4) is 0 Å². The normalized spacial score (nSPS) is 22.2. The summed E-state index contributed by atoms with van der Waals surface area (Å²) in [7, 11) is -3.12. The lowest BCUT2D eigenvalue weighted by Gasteiger charge is -2.43. The van der Waals surface area contributed by atoms with Crippen LogP contribution in [-0.2, 0) is 20.8 Å². The van der Waals surface area contributed by atoms with Gasteiger partial charge in [-0.1, -0.05) is 0 Å². The highest BCUT2D eigenvalue weighted by atomic mass is 32.2. The predicted molar refractivity (Wildman–Crippen MR) is 109 cm³/mol. The fourth-order valence-electron chi connectivity index (χ4n) is 4.03. The van der Waals surface area contributed by atoms with Crippen molar-refractivity contribution in [2.24, 2.45) is 5.92 Å². The minimum absolute atomic E-state index is 0.0371. The summed E-state index contributed by atoms with van der Waals surface area (Å²) >= 11 is 0.902. The van der Waals surface area contributed by atoms with Crippen LogP contribution in [-0.4, -0.2) is 60.3 Å². The van der Waals surface area contributed by atoms with Gasteiger partial charge in [-0.15, -0.1) is 11.3 Å². The number of carbonyl (C=O) groups excluding carboxylic acids is 1. The molecule has 0 aliphatic carbocycles. The van der Waals surface area contributed by atoms with Gasteiger partial charge >= 0.3 is 6.18 Å². The Balaban J connectivity index is 1.55. The zero-order chi connectivity index (χ0) is 23.1. The van der Waals surface area contributed by atoms with Crippen LogP contribution in [0.1, 0.15) is 29.6 Å². The van der Waals surface area contributed by atoms with Gasteiger partial charge in [-0.05, 0) is 25.0 Å². The lowest BCUT2D eigenvalue weighted by Crippen LogP contribution is -2.52. The highest BCUT2D eigenvalue weighted by Gasteiger charge is 2.39. The number of anilines is 1. The summed E-state index contributed by atoms with van der Waals surface area (Å²) in [6, 6.07) is 2.37. The number of amides is 1. The van der Waals surface area contributed by atoms with Gasteiger partial charge in [-0.3, -0.25) is 4.79 Å². The molecule has 4 rings (SSSR count). The van der Waals surface area contributed by atoms with E-state index in [1.165, 1.54) is 6.07 Å². The van der Waals surface area contributed by atoms with E-state index in [9.17, 15) is 30.8 Å². The molecule has 2 aromatic heterocycles. The number of carbonyl (C=O) groups is 1. The van der Waals surface area contributed by atoms with Gasteiger partial charge in [0.2, 0.25) is 11.7 Å². The largest absolute Gasteiger partial charge is 0.451 e. The number of halogens is 4. The fraction of sp³-hybridized carbons (Fsp3) is 0.526. The predicted octanol–water partition coefficient (Wildman–Crippen LogP) is 2.91. The molecule has 32 heavy (non-hydrogen) atoms. The van der Waals surface area contributed by atoms with Gasteiger partial charge in [-0.2, -0.15) is 17.6 Å². The first kappa shape index (κ1) is 22.9. The van der Waals surface area contributed by atoms with E-state index in [1.54, 1.807) is 15.9 Å². The monoisotopic (exact) mass is 492 g/mol. The molecule has 2 fully saturated rings. The molecular formula is C19H20F4N4O3S2. The van der Waals surface area contributed by atoms with Crippen molar-refractivity contribution in [2.45, 2.75) is 25.1 Å². The number of rotatable bonds is 3. The number of thiophene rings is 1. The van der Waals surface area contributed by atoms with E-state index in [4.69, 9.17) is 0 Å². The first-order valence-corrected chi connectivity index (χ1v) is 12.6. The SMILES string of the molecule is O=C(C1CCS(=O)(=O)CC1)N1CCN(c2cnc(C(F)(F)F)nc2)CC1c1ccc(F)s1. The molecule has 2 aliphatic heterocycles. The molecule has 2 saturated heterocycles. The Morgan fingerprint density at radius 3 is 2.31 bits per heavy atom. The van der Waals surface area contributed by atoms with E-state index in [0.717, 1.165) is 23.7 Å². The van der Waals surface area contributed by atoms with E-state index in [2.05, 4.69) is 9.97 Å². The average Bonchev–Trinajstić information content (AvgIpc) is 3.18. The van der Waals surface area contributed by atoms with E-state index in [-0.39, 0.29) is 43.3 Å². The Morgan fingerprint density at radius 1 is 1.09 bits per heavy atom. The maximum atomic E-state index is 13.7. The lowest BCUT2D eigenvalue weighted by atomic mass is 9.98. The molecule has 2 aromatic rings. The third kappa shape index (κ3) is 4.87. The second kappa shape index (κ2) is 8.58. The summed E-state index contributed by atoms with van der Waals surface area (Å²) in [5.41, 5.74) is 0.371. The Bertz CT molecular complexity index is 1070. The summed E-state index contributed by atoms with van der Waals surface area (Å²) in [5.74, 6) is -1.91. The van der Waals surface area contributed by atoms with E-state index < -0.39 is 38.9 Å². The number of alkyl halides is 3. The number of piperazine rings is 1. The number of sulfone groups is 1. The second-order valence-electron chi connectivity index (χ2n) is 7.82. The van der Waals surface area contributed by atoms with E-state index in [0.29, 0.717) is 17.1 Å². The topological polar surface area (TPSA) is 83.5 Å². The number of hydrogen-bond acceptors (Lipinski definition) is 7. The molecular weight excluding hydrogens is 472 g/mol. The Labute approximate surface area is 186 Å². The van der Waals surface area contributed by atoms with Crippen molar-refractivity contribution in [3.8, 4) is 0 Å². The molecule has 4 heterocycles. The molecule has 174 valence electrons. The summed E-state index contributed by atoms with van der Waals surface area (Å²) in [5, 5.41) is -0.411. The van der Waals surface area contributed by atoms with Crippen LogP contribution in [0.15, 0.2) is 24.5 Å². The molecule has 1 amide bonds. The summed E-state index contributed by atoms with van der Waals surface area (Å²) < 4.78 is 75.4. The lowest BCUT2D eigenvalue weighted by molar-refractivity contribution is -0.145. The van der Waals surface area contributed by atoms with Gasteiger partial charge in [0.1, 0.15) is 9.84 Å². The quantitative estimate of drug-likeness (QED) is 0.613. The van der Waals surface area contributed by atoms with Crippen molar-refractivity contribution in [3.63, 3.8) is 0 Å². The molecule has 0 radical (unpaired) electrons. The minimum Gasteiger partial charge on any atom is -0.365 e. The third-order valence-corrected chi connectivity index (χ3v) is 8.44. The van der Waals surface area contributed by atoms with E-state index in [1.807, 2.05) is 0 Å². The van der Waals surface area contributed by atoms with Crippen LogP contribution in [0.5, 0.6) is 0 Å². The highest BCUT2D eigenvalue weighted by molar-refractivity contribution is 7.91. The van der Waals surface area contributed by atoms with Gasteiger partial charge in [0.15, 0.2) is 5.13 Å². The Hall–Kier alpha value is -2.28. The smallest absolute Gasteiger partial charge is 0.365 e. The van der Waals surface area contributed by atoms with E-state index >= 15 is 0 Å². The van der Waals surface area contributed by atoms with Crippen LogP contribution in [0.4, 0.5) is 23.2 Å². The third-order valence-electron chi connectivity index (χ3n) is 5.75. The number of aromatic nitrogens is 2. The van der Waals surface area contributed by atoms with Gasteiger partial charge in [0.25, 0.3) is 0 Å². The molecule has 1 atom stereocenters. The molecule has 0 saturated carbocycles. The molecule has 13 heteroatoms. The highest BCUT2D eigenvalue weighted by Crippen LogP contribution is 2.35. The van der Waals surface area contributed by atoms with Crippen molar-refractivity contribution in [1.82, 2.24) is 14.9 Å². The minimum atomic E-state index is -4.64. The zero-order valence-corrected chi connectivity index (χ0v) is 18.4. The number of nitrogens with zero attached hydrogens (tertiary/aromatic N) is 4. The van der Waals surface area contributed by atoms with Crippen LogP contribution < -0.4 is 4.90 Å². The maximum Gasteiger partial charge on any atom is 0.451 e. The molecule has 0 N–H and O–H groups in total. The standard InChI is InChI=1S/C19H20F4N4O3S2/c20-16-2-1-15(31-16)14-11-26(13-9-24-18(25-10-13)19(21,22)23)5-6-27(14)17(28)12-3-7-32(29,30)8-4-12/h1-2,9-10,12,14H,3-8,11H2. The van der Waals surface area contributed by atoms with Gasteiger partial charge in [0, 0.05) is 30.4 Å². The summed E-state index contributed by atoms with van der Waals surface area (Å²) in [4.78, 5) is 24.0. The summed E-state index contributed by atoms with van der Waals surface area (Å²) in [6.45, 7) is 0.814. The molecule has 1 unspecified atom stereocenters. The van der Waals surface area contributed by atoms with Crippen LogP contribution in [0.2, 0.25) is 0 Å². The second-order valence-corrected chi connectivity index (χ2v) is 11.2. The Morgan fingerprint density at radius 2 is 1.75 bits per heavy atom. The first-order valence-electron chi connectivity index (χ1n) is 9.94. The van der Waals surface area contributed by atoms with Crippen molar-refractivity contribution < 1.29 is 30.8 Å². The van der Waals surface area contributed by atoms with Crippen molar-refractivity contribution in [3.05, 3.63) is 40.4 Å². The van der Waals surface area contributed by atoms with Crippen molar-refractivity contribution >= 4 is 32.8 Å². The summed E-state index contributed by atoms with van der Waals surface area (Å²) in [6.07, 6.45) is -1.97. The van der Waals surface area contributed by atoms with Crippen molar-refractivity contribution in [2.75, 3.05) is 36.0 Å². The van der Waals surface area contributed by atoms with Gasteiger partial charge in [-0.25, -0.2) is 18.4 Å². The number of hydrogen-bond donors (Lipinski definition) is 0. The molecule has 7 nitrogen and oxygen atoms in total. The van der Waals surface area contributed by atoms with Crippen molar-refractivity contribution in [1.29, 1.82) is 0 Å². The van der Waals surface area contributed by atoms with Gasteiger partial charge in [0.05, 0.1) is 35.6 Å². The van der Waals surface area contributed by atoms with Crippen LogP contribution >= 0.6 is 11.3 Å². The van der Waals surface area contributed by atoms with Crippen LogP contribution in [0.25, 0.3) is 0 Å². The molecule has 0 bridgehead atoms. The molecule has 0 aromatic carbocycles.